The Kier molecular flexibility index (Phi) is 5.14. The van der Waals surface area contributed by atoms with E-state index < -0.39 is 0 Å². The summed E-state index contributed by atoms with van der Waals surface area (Å²) in [7, 11) is 0. The fourth-order valence-electron chi connectivity index (χ4n) is 2.31. The minimum atomic E-state index is -0.307. The van der Waals surface area contributed by atoms with E-state index in [1.807, 2.05) is 12.1 Å². The Bertz CT molecular complexity index is 824. The van der Waals surface area contributed by atoms with Gasteiger partial charge in [-0.1, -0.05) is 26.0 Å². The molecule has 0 spiro atoms. The van der Waals surface area contributed by atoms with Crippen LogP contribution in [0.5, 0.6) is 5.75 Å². The summed E-state index contributed by atoms with van der Waals surface area (Å²) in [6, 6.07) is 14.8. The summed E-state index contributed by atoms with van der Waals surface area (Å²) in [5.74, 6) is 1.78. The standard InChI is InChI=1S/C20H20N2O3/c1-14(2)15-3-5-17(6-4-15)24-13-18-7-8-19(25-18)20(23)22-16-9-11-21-12-10-16/h3-12,14H,13H2,1-2H3,(H,21,22,23). The molecule has 0 saturated carbocycles. The summed E-state index contributed by atoms with van der Waals surface area (Å²) in [6.45, 7) is 4.57. The number of carbonyl (C=O) groups is 1. The largest absolute Gasteiger partial charge is 0.486 e. The van der Waals surface area contributed by atoms with Crippen molar-refractivity contribution in [3.63, 3.8) is 0 Å². The van der Waals surface area contributed by atoms with Gasteiger partial charge >= 0.3 is 0 Å². The van der Waals surface area contributed by atoms with Gasteiger partial charge in [0.1, 0.15) is 18.1 Å². The molecule has 5 heteroatoms. The van der Waals surface area contributed by atoms with Gasteiger partial charge in [-0.25, -0.2) is 0 Å². The fourth-order valence-corrected chi connectivity index (χ4v) is 2.31. The van der Waals surface area contributed by atoms with Crippen molar-refractivity contribution in [2.45, 2.75) is 26.4 Å². The maximum Gasteiger partial charge on any atom is 0.291 e. The molecular formula is C20H20N2O3. The van der Waals surface area contributed by atoms with Crippen molar-refractivity contribution in [3.8, 4) is 5.75 Å². The van der Waals surface area contributed by atoms with Crippen LogP contribution in [-0.2, 0) is 6.61 Å². The molecule has 25 heavy (non-hydrogen) atoms. The van der Waals surface area contributed by atoms with E-state index in [0.29, 0.717) is 17.4 Å². The second-order valence-corrected chi connectivity index (χ2v) is 5.97. The van der Waals surface area contributed by atoms with Crippen LogP contribution < -0.4 is 10.1 Å². The van der Waals surface area contributed by atoms with E-state index in [-0.39, 0.29) is 18.3 Å². The summed E-state index contributed by atoms with van der Waals surface area (Å²) < 4.78 is 11.3. The molecule has 5 nitrogen and oxygen atoms in total. The minimum Gasteiger partial charge on any atom is -0.486 e. The van der Waals surface area contributed by atoms with Crippen molar-refractivity contribution in [2.75, 3.05) is 5.32 Å². The van der Waals surface area contributed by atoms with Gasteiger partial charge in [-0.05, 0) is 47.9 Å². The summed E-state index contributed by atoms with van der Waals surface area (Å²) in [5, 5.41) is 2.75. The number of aromatic nitrogens is 1. The highest BCUT2D eigenvalue weighted by molar-refractivity contribution is 6.02. The molecule has 3 rings (SSSR count). The predicted octanol–water partition coefficient (Wildman–Crippen LogP) is 4.63. The summed E-state index contributed by atoms with van der Waals surface area (Å²) in [4.78, 5) is 16.0. The lowest BCUT2D eigenvalue weighted by Gasteiger charge is -2.08. The lowest BCUT2D eigenvalue weighted by molar-refractivity contribution is 0.0992. The van der Waals surface area contributed by atoms with Crippen LogP contribution in [0, 0.1) is 0 Å². The molecular weight excluding hydrogens is 316 g/mol. The molecule has 0 unspecified atom stereocenters. The summed E-state index contributed by atoms with van der Waals surface area (Å²) in [6.07, 6.45) is 3.23. The molecule has 128 valence electrons. The second kappa shape index (κ2) is 7.66. The number of ether oxygens (including phenoxy) is 1. The number of benzene rings is 1. The first kappa shape index (κ1) is 16.8. The quantitative estimate of drug-likeness (QED) is 0.713. The van der Waals surface area contributed by atoms with Crippen LogP contribution in [0.1, 0.15) is 41.6 Å². The monoisotopic (exact) mass is 336 g/mol. The highest BCUT2D eigenvalue weighted by Crippen LogP contribution is 2.20. The Labute approximate surface area is 146 Å². The summed E-state index contributed by atoms with van der Waals surface area (Å²) in [5.41, 5.74) is 1.93. The normalized spacial score (nSPS) is 10.7. The Hall–Kier alpha value is -3.08. The van der Waals surface area contributed by atoms with E-state index in [0.717, 1.165) is 5.75 Å². The number of hydrogen-bond acceptors (Lipinski definition) is 4. The van der Waals surface area contributed by atoms with E-state index >= 15 is 0 Å². The van der Waals surface area contributed by atoms with Gasteiger partial charge < -0.3 is 14.5 Å². The zero-order valence-electron chi connectivity index (χ0n) is 14.2. The van der Waals surface area contributed by atoms with E-state index in [1.165, 1.54) is 5.56 Å². The van der Waals surface area contributed by atoms with Gasteiger partial charge in [0.15, 0.2) is 5.76 Å². The number of anilines is 1. The van der Waals surface area contributed by atoms with Gasteiger partial charge in [0.05, 0.1) is 0 Å². The van der Waals surface area contributed by atoms with Gasteiger partial charge in [0, 0.05) is 18.1 Å². The number of nitrogens with zero attached hydrogens (tertiary/aromatic N) is 1. The number of amides is 1. The van der Waals surface area contributed by atoms with E-state index in [2.05, 4.69) is 36.3 Å². The number of hydrogen-bond donors (Lipinski definition) is 1. The van der Waals surface area contributed by atoms with Crippen LogP contribution in [-0.4, -0.2) is 10.9 Å². The Balaban J connectivity index is 1.57. The van der Waals surface area contributed by atoms with Crippen molar-refractivity contribution < 1.29 is 13.9 Å². The fraction of sp³-hybridized carbons (Fsp3) is 0.200. The molecule has 2 heterocycles. The molecule has 0 aliphatic rings. The Morgan fingerprint density at radius 1 is 1.08 bits per heavy atom. The van der Waals surface area contributed by atoms with Gasteiger partial charge in [-0.2, -0.15) is 0 Å². The molecule has 2 aromatic heterocycles. The van der Waals surface area contributed by atoms with E-state index in [9.17, 15) is 4.79 Å². The third kappa shape index (κ3) is 4.47. The van der Waals surface area contributed by atoms with Crippen LogP contribution in [0.4, 0.5) is 5.69 Å². The van der Waals surface area contributed by atoms with Crippen molar-refractivity contribution >= 4 is 11.6 Å². The molecule has 0 aliphatic heterocycles. The van der Waals surface area contributed by atoms with Crippen LogP contribution in [0.25, 0.3) is 0 Å². The van der Waals surface area contributed by atoms with Gasteiger partial charge in [-0.3, -0.25) is 9.78 Å². The molecule has 0 saturated heterocycles. The SMILES string of the molecule is CC(C)c1ccc(OCc2ccc(C(=O)Nc3ccncc3)o2)cc1. The number of furan rings is 1. The molecule has 0 fully saturated rings. The third-order valence-electron chi connectivity index (χ3n) is 3.75. The molecule has 1 aromatic carbocycles. The maximum absolute atomic E-state index is 12.1. The number of rotatable bonds is 6. The predicted molar refractivity (Wildman–Crippen MR) is 95.8 cm³/mol. The molecule has 1 amide bonds. The van der Waals surface area contributed by atoms with Crippen molar-refractivity contribution in [3.05, 3.63) is 78.0 Å². The van der Waals surface area contributed by atoms with Crippen molar-refractivity contribution in [2.24, 2.45) is 0 Å². The summed E-state index contributed by atoms with van der Waals surface area (Å²) >= 11 is 0. The maximum atomic E-state index is 12.1. The number of carbonyl (C=O) groups excluding carboxylic acids is 1. The molecule has 0 atom stereocenters. The first-order chi connectivity index (χ1) is 12.1. The average molecular weight is 336 g/mol. The average Bonchev–Trinajstić information content (AvgIpc) is 3.10. The number of pyridine rings is 1. The van der Waals surface area contributed by atoms with Gasteiger partial charge in [0.25, 0.3) is 5.91 Å². The van der Waals surface area contributed by atoms with Crippen LogP contribution in [0.3, 0.4) is 0 Å². The number of nitrogens with one attached hydrogen (secondary N) is 1. The zero-order chi connectivity index (χ0) is 17.6. The molecule has 3 aromatic rings. The molecule has 0 radical (unpaired) electrons. The third-order valence-corrected chi connectivity index (χ3v) is 3.75. The Morgan fingerprint density at radius 2 is 1.80 bits per heavy atom. The first-order valence-corrected chi connectivity index (χ1v) is 8.14. The van der Waals surface area contributed by atoms with Crippen molar-refractivity contribution in [1.29, 1.82) is 0 Å². The lowest BCUT2D eigenvalue weighted by atomic mass is 10.0. The van der Waals surface area contributed by atoms with Gasteiger partial charge in [-0.15, -0.1) is 0 Å². The molecule has 1 N–H and O–H groups in total. The second-order valence-electron chi connectivity index (χ2n) is 5.97. The van der Waals surface area contributed by atoms with Gasteiger partial charge in [0.2, 0.25) is 0 Å². The van der Waals surface area contributed by atoms with Crippen molar-refractivity contribution in [1.82, 2.24) is 4.98 Å². The van der Waals surface area contributed by atoms with E-state index in [4.69, 9.17) is 9.15 Å². The van der Waals surface area contributed by atoms with Crippen LogP contribution in [0.15, 0.2) is 65.3 Å². The smallest absolute Gasteiger partial charge is 0.291 e. The lowest BCUT2D eigenvalue weighted by Crippen LogP contribution is -2.10. The minimum absolute atomic E-state index is 0.241. The zero-order valence-corrected chi connectivity index (χ0v) is 14.2. The van der Waals surface area contributed by atoms with E-state index in [1.54, 1.807) is 36.7 Å². The Morgan fingerprint density at radius 3 is 2.48 bits per heavy atom. The highest BCUT2D eigenvalue weighted by Gasteiger charge is 2.12. The van der Waals surface area contributed by atoms with Crippen LogP contribution >= 0.6 is 0 Å². The van der Waals surface area contributed by atoms with Crippen LogP contribution in [0.2, 0.25) is 0 Å². The molecule has 0 aliphatic carbocycles. The molecule has 0 bridgehead atoms. The topological polar surface area (TPSA) is 64.4 Å². The first-order valence-electron chi connectivity index (χ1n) is 8.14. The highest BCUT2D eigenvalue weighted by atomic mass is 16.5.